The monoisotopic (exact) mass is 230 g/mol. The zero-order valence-corrected chi connectivity index (χ0v) is 11.2. The Morgan fingerprint density at radius 1 is 0.706 bits per heavy atom. The molecule has 0 bridgehead atoms. The van der Waals surface area contributed by atoms with E-state index in [1.54, 1.807) is 51.4 Å². The second kappa shape index (κ2) is 2.94. The van der Waals surface area contributed by atoms with Gasteiger partial charge in [-0.15, -0.1) is 0 Å². The first-order chi connectivity index (χ1) is 8.28. The minimum Gasteiger partial charge on any atom is -0.0588 e. The fourth-order valence-corrected chi connectivity index (χ4v) is 6.95. The van der Waals surface area contributed by atoms with E-state index in [4.69, 9.17) is 0 Å². The molecular weight excluding hydrogens is 204 g/mol. The highest BCUT2D eigenvalue weighted by Gasteiger charge is 2.69. The van der Waals surface area contributed by atoms with E-state index in [2.05, 4.69) is 6.92 Å². The second-order valence-corrected chi connectivity index (χ2v) is 8.33. The summed E-state index contributed by atoms with van der Waals surface area (Å²) >= 11 is 0. The Morgan fingerprint density at radius 2 is 1.18 bits per heavy atom. The average molecular weight is 230 g/mol. The summed E-state index contributed by atoms with van der Waals surface area (Å²) in [6.45, 7) is 2.70. The first-order valence-corrected chi connectivity index (χ1v) is 8.28. The SMILES string of the molecule is CC12C3CC1C1CCC1CCC1CCC1C2C3. The molecule has 6 atom stereocenters. The van der Waals surface area contributed by atoms with Gasteiger partial charge in [-0.2, -0.15) is 0 Å². The molecule has 0 saturated heterocycles. The molecule has 0 nitrogen and oxygen atoms in total. The Bertz CT molecular complexity index is 327. The molecule has 6 unspecified atom stereocenters. The van der Waals surface area contributed by atoms with Crippen molar-refractivity contribution in [3.8, 4) is 0 Å². The molecule has 0 radical (unpaired) electrons. The maximum Gasteiger partial charge on any atom is -0.0235 e. The zero-order valence-electron chi connectivity index (χ0n) is 11.2. The van der Waals surface area contributed by atoms with Crippen LogP contribution in [0.15, 0.2) is 0 Å². The van der Waals surface area contributed by atoms with Gasteiger partial charge < -0.3 is 0 Å². The Balaban J connectivity index is 1.51. The third-order valence-electron chi connectivity index (χ3n) is 8.45. The van der Waals surface area contributed by atoms with Crippen LogP contribution in [0.5, 0.6) is 0 Å². The van der Waals surface area contributed by atoms with Gasteiger partial charge in [0.25, 0.3) is 0 Å². The van der Waals surface area contributed by atoms with Gasteiger partial charge in [0.05, 0.1) is 0 Å². The maximum atomic E-state index is 2.70. The van der Waals surface area contributed by atoms with Gasteiger partial charge in [-0.25, -0.2) is 0 Å². The van der Waals surface area contributed by atoms with Crippen LogP contribution in [0.2, 0.25) is 0 Å². The van der Waals surface area contributed by atoms with E-state index in [1.165, 1.54) is 35.5 Å². The topological polar surface area (TPSA) is 0 Å². The molecule has 0 aromatic heterocycles. The second-order valence-electron chi connectivity index (χ2n) is 8.33. The van der Waals surface area contributed by atoms with Gasteiger partial charge in [0, 0.05) is 0 Å². The molecule has 5 aliphatic carbocycles. The quantitative estimate of drug-likeness (QED) is 0.575. The van der Waals surface area contributed by atoms with Gasteiger partial charge in [-0.05, 0) is 98.2 Å². The summed E-state index contributed by atoms with van der Waals surface area (Å²) in [7, 11) is 0. The van der Waals surface area contributed by atoms with E-state index >= 15 is 0 Å². The summed E-state index contributed by atoms with van der Waals surface area (Å²) in [6.07, 6.45) is 12.8. The fraction of sp³-hybridized carbons (Fsp3) is 1.00. The van der Waals surface area contributed by atoms with E-state index in [-0.39, 0.29) is 0 Å². The lowest BCUT2D eigenvalue weighted by Crippen LogP contribution is -2.66. The molecule has 0 aliphatic heterocycles. The van der Waals surface area contributed by atoms with E-state index in [1.807, 2.05) is 0 Å². The van der Waals surface area contributed by atoms with Crippen molar-refractivity contribution in [1.29, 1.82) is 0 Å². The molecule has 17 heavy (non-hydrogen) atoms. The molecule has 0 spiro atoms. The van der Waals surface area contributed by atoms with Crippen molar-refractivity contribution in [1.82, 2.24) is 0 Å². The minimum atomic E-state index is 0.844. The standard InChI is InChI=1S/C17H26/c1-17-12-8-15(17)13-6-4-10(13)2-3-11-5-7-14(11)16(17)9-12/h10-16H,2-9H2,1H3. The van der Waals surface area contributed by atoms with Crippen LogP contribution in [0.1, 0.15) is 58.3 Å². The smallest absolute Gasteiger partial charge is 0.0235 e. The Kier molecular flexibility index (Phi) is 1.71. The molecule has 0 aromatic carbocycles. The van der Waals surface area contributed by atoms with Gasteiger partial charge in [-0.1, -0.05) is 6.92 Å². The van der Waals surface area contributed by atoms with Crippen molar-refractivity contribution in [2.24, 2.45) is 46.8 Å². The highest BCUT2D eigenvalue weighted by molar-refractivity contribution is 5.17. The van der Waals surface area contributed by atoms with Gasteiger partial charge >= 0.3 is 0 Å². The Morgan fingerprint density at radius 3 is 1.53 bits per heavy atom. The predicted molar refractivity (Wildman–Crippen MR) is 69.5 cm³/mol. The molecule has 5 aliphatic rings. The molecular formula is C17H26. The van der Waals surface area contributed by atoms with Crippen LogP contribution in [0.3, 0.4) is 0 Å². The third kappa shape index (κ3) is 0.965. The Labute approximate surface area is 106 Å². The molecule has 5 fully saturated rings. The minimum absolute atomic E-state index is 0.844. The first-order valence-electron chi connectivity index (χ1n) is 8.28. The summed E-state index contributed by atoms with van der Waals surface area (Å²) in [6, 6.07) is 0. The zero-order chi connectivity index (χ0) is 11.2. The van der Waals surface area contributed by atoms with E-state index < -0.39 is 0 Å². The van der Waals surface area contributed by atoms with E-state index in [9.17, 15) is 0 Å². The average Bonchev–Trinajstić information content (AvgIpc) is 2.28. The van der Waals surface area contributed by atoms with Crippen LogP contribution < -0.4 is 0 Å². The molecule has 5 saturated carbocycles. The maximum absolute atomic E-state index is 2.70. The number of rotatable bonds is 0. The largest absolute Gasteiger partial charge is 0.0588 e. The summed E-state index contributed by atoms with van der Waals surface area (Å²) in [5.74, 6) is 8.19. The van der Waals surface area contributed by atoms with Crippen LogP contribution in [-0.2, 0) is 0 Å². The van der Waals surface area contributed by atoms with Gasteiger partial charge in [0.2, 0.25) is 0 Å². The van der Waals surface area contributed by atoms with Crippen LogP contribution in [0, 0.1) is 46.8 Å². The third-order valence-corrected chi connectivity index (χ3v) is 8.45. The number of hydrogen-bond acceptors (Lipinski definition) is 0. The fourth-order valence-electron chi connectivity index (χ4n) is 6.95. The summed E-state index contributed by atoms with van der Waals surface area (Å²) in [5.41, 5.74) is 0.844. The molecule has 0 amide bonds. The molecule has 0 N–H and O–H groups in total. The van der Waals surface area contributed by atoms with Crippen LogP contribution in [0.25, 0.3) is 0 Å². The lowest BCUT2D eigenvalue weighted by molar-refractivity contribution is -0.247. The molecule has 0 heterocycles. The van der Waals surface area contributed by atoms with Crippen LogP contribution in [0.4, 0.5) is 0 Å². The van der Waals surface area contributed by atoms with E-state index in [0.717, 1.165) is 11.3 Å². The summed E-state index contributed by atoms with van der Waals surface area (Å²) in [5, 5.41) is 0. The molecule has 5 rings (SSSR count). The first kappa shape index (κ1) is 9.87. The van der Waals surface area contributed by atoms with Crippen molar-refractivity contribution in [2.75, 3.05) is 0 Å². The molecule has 94 valence electrons. The van der Waals surface area contributed by atoms with Gasteiger partial charge in [0.1, 0.15) is 0 Å². The lowest BCUT2D eigenvalue weighted by Gasteiger charge is -2.73. The molecule has 0 aromatic rings. The predicted octanol–water partition coefficient (Wildman–Crippen LogP) is 4.49. The highest BCUT2D eigenvalue weighted by Crippen LogP contribution is 2.76. The van der Waals surface area contributed by atoms with Crippen molar-refractivity contribution in [2.45, 2.75) is 58.3 Å². The Hall–Kier alpha value is 0. The van der Waals surface area contributed by atoms with E-state index in [0.29, 0.717) is 0 Å². The van der Waals surface area contributed by atoms with Gasteiger partial charge in [0.15, 0.2) is 0 Å². The number of hydrogen-bond donors (Lipinski definition) is 0. The normalized spacial score (nSPS) is 67.2. The highest BCUT2D eigenvalue weighted by atomic mass is 14.7. The lowest BCUT2D eigenvalue weighted by atomic mass is 9.32. The van der Waals surface area contributed by atoms with Gasteiger partial charge in [-0.3, -0.25) is 0 Å². The number of fused-ring (bicyclic) bond motifs is 4. The van der Waals surface area contributed by atoms with Crippen molar-refractivity contribution in [3.05, 3.63) is 0 Å². The van der Waals surface area contributed by atoms with Crippen LogP contribution >= 0.6 is 0 Å². The molecule has 0 heteroatoms. The summed E-state index contributed by atoms with van der Waals surface area (Å²) < 4.78 is 0. The summed E-state index contributed by atoms with van der Waals surface area (Å²) in [4.78, 5) is 0. The van der Waals surface area contributed by atoms with Crippen molar-refractivity contribution in [3.63, 3.8) is 0 Å². The van der Waals surface area contributed by atoms with Crippen LogP contribution in [-0.4, -0.2) is 0 Å². The van der Waals surface area contributed by atoms with Crippen molar-refractivity contribution >= 4 is 0 Å². The van der Waals surface area contributed by atoms with Crippen molar-refractivity contribution < 1.29 is 0 Å².